The number of carbonyl (C=O) groups is 1. The van der Waals surface area contributed by atoms with Crippen LogP contribution in [0.2, 0.25) is 0 Å². The van der Waals surface area contributed by atoms with E-state index in [9.17, 15) is 27.9 Å². The summed E-state index contributed by atoms with van der Waals surface area (Å²) in [6.07, 6.45) is -0.669. The van der Waals surface area contributed by atoms with Crippen LogP contribution in [-0.2, 0) is 11.3 Å². The molecule has 0 aliphatic carbocycles. The van der Waals surface area contributed by atoms with E-state index in [2.05, 4.69) is 10.1 Å². The number of fused-ring (bicyclic) bond motifs is 1. The quantitative estimate of drug-likeness (QED) is 0.823. The van der Waals surface area contributed by atoms with Crippen LogP contribution in [0.3, 0.4) is 0 Å². The summed E-state index contributed by atoms with van der Waals surface area (Å²) in [5.74, 6) is -2.19. The molecule has 0 unspecified atom stereocenters. The number of rotatable bonds is 3. The summed E-state index contributed by atoms with van der Waals surface area (Å²) in [4.78, 5) is 30.6. The van der Waals surface area contributed by atoms with Crippen LogP contribution in [0.4, 0.5) is 13.2 Å². The Kier molecular flexibility index (Phi) is 4.69. The number of amides is 1. The summed E-state index contributed by atoms with van der Waals surface area (Å²) in [5, 5.41) is 14.2. The molecule has 11 heteroatoms. The van der Waals surface area contributed by atoms with Crippen molar-refractivity contribution in [3.8, 4) is 0 Å². The third kappa shape index (κ3) is 3.19. The lowest BCUT2D eigenvalue weighted by Gasteiger charge is -2.28. The van der Waals surface area contributed by atoms with Gasteiger partial charge in [-0.1, -0.05) is 0 Å². The van der Waals surface area contributed by atoms with Gasteiger partial charge in [0.2, 0.25) is 5.91 Å². The van der Waals surface area contributed by atoms with Gasteiger partial charge in [-0.15, -0.1) is 0 Å². The van der Waals surface area contributed by atoms with Crippen molar-refractivity contribution in [2.75, 3.05) is 13.1 Å². The Hall–Kier alpha value is -2.69. The monoisotopic (exact) mass is 397 g/mol. The van der Waals surface area contributed by atoms with Gasteiger partial charge < -0.3 is 10.0 Å². The summed E-state index contributed by atoms with van der Waals surface area (Å²) in [6.45, 7) is -0.141. The molecule has 2 aromatic rings. The molecule has 0 spiro atoms. The highest BCUT2D eigenvalue weighted by atomic mass is 19.1. The molecule has 2 aromatic heterocycles. The number of aromatic nitrogens is 4. The van der Waals surface area contributed by atoms with Crippen LogP contribution in [0, 0.1) is 11.6 Å². The van der Waals surface area contributed by atoms with E-state index in [4.69, 9.17) is 0 Å². The molecular formula is C17H18F3N5O3. The molecule has 0 radical (unpaired) electrons. The highest BCUT2D eigenvalue weighted by Crippen LogP contribution is 2.31. The van der Waals surface area contributed by atoms with Crippen molar-refractivity contribution in [1.82, 2.24) is 24.2 Å². The maximum atomic E-state index is 13.9. The molecular weight excluding hydrogens is 379 g/mol. The zero-order chi connectivity index (χ0) is 20.0. The molecule has 1 amide bonds. The van der Waals surface area contributed by atoms with E-state index in [-0.39, 0.29) is 50.4 Å². The van der Waals surface area contributed by atoms with Crippen LogP contribution < -0.4 is 5.69 Å². The van der Waals surface area contributed by atoms with Crippen LogP contribution in [0.25, 0.3) is 0 Å². The lowest BCUT2D eigenvalue weighted by molar-refractivity contribution is -0.135. The van der Waals surface area contributed by atoms with Crippen LogP contribution in [0.1, 0.15) is 42.9 Å². The zero-order valence-corrected chi connectivity index (χ0v) is 14.8. The summed E-state index contributed by atoms with van der Waals surface area (Å²) in [7, 11) is 0. The molecule has 2 aliphatic heterocycles. The van der Waals surface area contributed by atoms with Gasteiger partial charge in [-0.25, -0.2) is 22.6 Å². The SMILES string of the molecule is O=C([C@@H]1CC[C@H](O)c2nn(Cc3ncc(F)cc3F)c(=O)n21)N1CC[C@H](F)C1. The maximum absolute atomic E-state index is 13.9. The van der Waals surface area contributed by atoms with Crippen LogP contribution in [0.15, 0.2) is 17.1 Å². The number of pyridine rings is 1. The first-order chi connectivity index (χ1) is 13.3. The molecule has 0 saturated carbocycles. The van der Waals surface area contributed by atoms with Crippen molar-refractivity contribution >= 4 is 5.91 Å². The highest BCUT2D eigenvalue weighted by molar-refractivity contribution is 5.81. The average Bonchev–Trinajstić information content (AvgIpc) is 3.22. The van der Waals surface area contributed by atoms with Gasteiger partial charge in [-0.2, -0.15) is 5.10 Å². The topological polar surface area (TPSA) is 93.2 Å². The summed E-state index contributed by atoms with van der Waals surface area (Å²) in [6, 6.07) is -0.262. The predicted octanol–water partition coefficient (Wildman–Crippen LogP) is 0.705. The number of hydrogen-bond acceptors (Lipinski definition) is 5. The largest absolute Gasteiger partial charge is 0.385 e. The van der Waals surface area contributed by atoms with Gasteiger partial charge in [0.05, 0.1) is 25.0 Å². The van der Waals surface area contributed by atoms with Gasteiger partial charge in [-0.3, -0.25) is 14.3 Å². The summed E-state index contributed by atoms with van der Waals surface area (Å²) in [5.41, 5.74) is -0.912. The molecule has 3 atom stereocenters. The van der Waals surface area contributed by atoms with Gasteiger partial charge in [0.1, 0.15) is 30.0 Å². The number of aliphatic hydroxyl groups is 1. The molecule has 4 heterocycles. The molecule has 8 nitrogen and oxygen atoms in total. The van der Waals surface area contributed by atoms with E-state index < -0.39 is 41.5 Å². The van der Waals surface area contributed by atoms with Gasteiger partial charge in [0, 0.05) is 12.6 Å². The highest BCUT2D eigenvalue weighted by Gasteiger charge is 2.38. The van der Waals surface area contributed by atoms with Gasteiger partial charge in [0.15, 0.2) is 5.82 Å². The molecule has 4 rings (SSSR count). The van der Waals surface area contributed by atoms with E-state index in [0.717, 1.165) is 15.4 Å². The van der Waals surface area contributed by atoms with Crippen LogP contribution in [-0.4, -0.2) is 54.5 Å². The number of nitrogens with zero attached hydrogens (tertiary/aromatic N) is 5. The Morgan fingerprint density at radius 2 is 2.07 bits per heavy atom. The minimum Gasteiger partial charge on any atom is -0.385 e. The van der Waals surface area contributed by atoms with Crippen molar-refractivity contribution < 1.29 is 23.1 Å². The van der Waals surface area contributed by atoms with Crippen LogP contribution in [0.5, 0.6) is 0 Å². The average molecular weight is 397 g/mol. The van der Waals surface area contributed by atoms with Crippen molar-refractivity contribution in [2.45, 2.75) is 44.1 Å². The normalized spacial score (nSPS) is 24.4. The fourth-order valence-corrected chi connectivity index (χ4v) is 3.70. The molecule has 28 heavy (non-hydrogen) atoms. The molecule has 1 N–H and O–H groups in total. The van der Waals surface area contributed by atoms with Crippen LogP contribution >= 0.6 is 0 Å². The van der Waals surface area contributed by atoms with Gasteiger partial charge in [-0.05, 0) is 19.3 Å². The van der Waals surface area contributed by atoms with Crippen molar-refractivity contribution in [3.05, 3.63) is 45.9 Å². The second kappa shape index (κ2) is 7.04. The van der Waals surface area contributed by atoms with Crippen molar-refractivity contribution in [3.63, 3.8) is 0 Å². The minimum absolute atomic E-state index is 0.00637. The molecule has 150 valence electrons. The number of carbonyl (C=O) groups excluding carboxylic acids is 1. The van der Waals surface area contributed by atoms with E-state index >= 15 is 0 Å². The Balaban J connectivity index is 1.67. The number of alkyl halides is 1. The van der Waals surface area contributed by atoms with Gasteiger partial charge in [0.25, 0.3) is 0 Å². The third-order valence-electron chi connectivity index (χ3n) is 5.13. The number of halogens is 3. The fraction of sp³-hybridized carbons (Fsp3) is 0.529. The first-order valence-electron chi connectivity index (χ1n) is 8.95. The minimum atomic E-state index is -1.09. The molecule has 0 bridgehead atoms. The van der Waals surface area contributed by atoms with E-state index in [1.807, 2.05) is 0 Å². The second-order valence-electron chi connectivity index (χ2n) is 7.03. The first-order valence-corrected chi connectivity index (χ1v) is 8.95. The fourth-order valence-electron chi connectivity index (χ4n) is 3.70. The van der Waals surface area contributed by atoms with E-state index in [1.165, 1.54) is 4.90 Å². The molecule has 2 aliphatic rings. The maximum Gasteiger partial charge on any atom is 0.347 e. The summed E-state index contributed by atoms with van der Waals surface area (Å²) >= 11 is 0. The predicted molar refractivity (Wildman–Crippen MR) is 89.1 cm³/mol. The Morgan fingerprint density at radius 3 is 2.75 bits per heavy atom. The Labute approximate surface area is 157 Å². The lowest BCUT2D eigenvalue weighted by atomic mass is 10.0. The van der Waals surface area contributed by atoms with E-state index in [1.54, 1.807) is 0 Å². The molecule has 1 saturated heterocycles. The van der Waals surface area contributed by atoms with Crippen molar-refractivity contribution in [2.24, 2.45) is 0 Å². The third-order valence-corrected chi connectivity index (χ3v) is 5.13. The summed E-state index contributed by atoms with van der Waals surface area (Å²) < 4.78 is 42.3. The standard InChI is InChI=1S/C17H18F3N5O3/c18-9-3-4-23(7-9)16(27)13-1-2-14(26)15-22-24(17(28)25(13)15)8-12-11(20)5-10(19)6-21-12/h5-6,9,13-14,26H,1-4,7-8H2/t9-,13-,14-/m0/s1. The Bertz CT molecular complexity index is 975. The Morgan fingerprint density at radius 1 is 1.29 bits per heavy atom. The lowest BCUT2D eigenvalue weighted by Crippen LogP contribution is -2.42. The first kappa shape index (κ1) is 18.7. The number of hydrogen-bond donors (Lipinski definition) is 1. The molecule has 1 fully saturated rings. The number of aliphatic hydroxyl groups excluding tert-OH is 1. The number of likely N-dealkylation sites (tertiary alicyclic amines) is 1. The van der Waals surface area contributed by atoms with Crippen molar-refractivity contribution in [1.29, 1.82) is 0 Å². The van der Waals surface area contributed by atoms with Gasteiger partial charge >= 0.3 is 5.69 Å². The second-order valence-corrected chi connectivity index (χ2v) is 7.03. The van der Waals surface area contributed by atoms with E-state index in [0.29, 0.717) is 6.07 Å². The smallest absolute Gasteiger partial charge is 0.347 e. The molecule has 0 aromatic carbocycles. The zero-order valence-electron chi connectivity index (χ0n) is 14.8.